The lowest BCUT2D eigenvalue weighted by atomic mass is 10.1. The molecule has 0 unspecified atom stereocenters. The van der Waals surface area contributed by atoms with Crippen molar-refractivity contribution >= 4 is 5.91 Å². The minimum Gasteiger partial charge on any atom is -0.497 e. The molecule has 2 aromatic rings. The minimum atomic E-state index is -0.626. The molecule has 98 valence electrons. The van der Waals surface area contributed by atoms with Crippen LogP contribution in [0.25, 0.3) is 11.3 Å². The number of pyridine rings is 1. The summed E-state index contributed by atoms with van der Waals surface area (Å²) in [6.45, 7) is 0. The third-order valence-electron chi connectivity index (χ3n) is 2.67. The molecule has 4 N–H and O–H groups in total. The van der Waals surface area contributed by atoms with Gasteiger partial charge in [-0.2, -0.15) is 0 Å². The molecule has 19 heavy (non-hydrogen) atoms. The summed E-state index contributed by atoms with van der Waals surface area (Å²) < 4.78 is 5.11. The summed E-state index contributed by atoms with van der Waals surface area (Å²) in [6.07, 6.45) is 0. The molecule has 0 atom stereocenters. The first kappa shape index (κ1) is 12.8. The van der Waals surface area contributed by atoms with Gasteiger partial charge >= 0.3 is 0 Å². The number of benzene rings is 1. The number of carbonyl (C=O) groups is 1. The van der Waals surface area contributed by atoms with Crippen molar-refractivity contribution in [1.29, 1.82) is 0 Å². The molecule has 0 aliphatic carbocycles. The van der Waals surface area contributed by atoms with E-state index in [0.29, 0.717) is 11.4 Å². The highest BCUT2D eigenvalue weighted by Crippen LogP contribution is 2.21. The molecule has 0 fully saturated rings. The third-order valence-corrected chi connectivity index (χ3v) is 2.67. The molecule has 0 saturated heterocycles. The molecule has 2 rings (SSSR count). The maximum absolute atomic E-state index is 11.8. The number of ether oxygens (including phenoxy) is 1. The van der Waals surface area contributed by atoms with Crippen molar-refractivity contribution in [2.45, 2.75) is 0 Å². The number of hydrazine groups is 1. The van der Waals surface area contributed by atoms with Gasteiger partial charge in [0.05, 0.1) is 7.11 Å². The zero-order valence-corrected chi connectivity index (χ0v) is 10.3. The number of hydrogen-bond donors (Lipinski definition) is 3. The normalized spacial score (nSPS) is 10.0. The van der Waals surface area contributed by atoms with Crippen LogP contribution in [0.1, 0.15) is 10.4 Å². The van der Waals surface area contributed by atoms with Gasteiger partial charge in [-0.3, -0.25) is 15.0 Å². The average molecular weight is 259 g/mol. The van der Waals surface area contributed by atoms with Crippen LogP contribution in [0, 0.1) is 0 Å². The van der Waals surface area contributed by atoms with Crippen LogP contribution < -0.4 is 21.6 Å². The SMILES string of the molecule is COc1cccc(-c2ccc(C(=O)NN)c(=O)[nH]2)c1. The van der Waals surface area contributed by atoms with Gasteiger partial charge in [-0.1, -0.05) is 12.1 Å². The standard InChI is InChI=1S/C13H13N3O3/c1-19-9-4-2-3-8(7-9)11-6-5-10(12(17)15-11)13(18)16-14/h2-7H,14H2,1H3,(H,15,17)(H,16,18). The number of amides is 1. The predicted octanol–water partition coefficient (Wildman–Crippen LogP) is 0.654. The van der Waals surface area contributed by atoms with Gasteiger partial charge in [0.1, 0.15) is 11.3 Å². The maximum atomic E-state index is 11.8. The molecule has 0 bridgehead atoms. The van der Waals surface area contributed by atoms with Crippen molar-refractivity contribution in [2.24, 2.45) is 5.84 Å². The zero-order valence-electron chi connectivity index (χ0n) is 10.3. The Kier molecular flexibility index (Phi) is 3.63. The number of nitrogens with one attached hydrogen (secondary N) is 2. The lowest BCUT2D eigenvalue weighted by molar-refractivity contribution is 0.0952. The number of nitrogens with two attached hydrogens (primary N) is 1. The predicted molar refractivity (Wildman–Crippen MR) is 70.7 cm³/mol. The largest absolute Gasteiger partial charge is 0.497 e. The van der Waals surface area contributed by atoms with E-state index in [9.17, 15) is 9.59 Å². The number of nitrogen functional groups attached to an aromatic ring is 1. The van der Waals surface area contributed by atoms with Gasteiger partial charge in [-0.25, -0.2) is 5.84 Å². The van der Waals surface area contributed by atoms with Crippen LogP contribution in [0.15, 0.2) is 41.2 Å². The molecule has 6 heteroatoms. The van der Waals surface area contributed by atoms with Crippen LogP contribution in [0.5, 0.6) is 5.75 Å². The maximum Gasteiger partial charge on any atom is 0.270 e. The highest BCUT2D eigenvalue weighted by molar-refractivity contribution is 5.93. The second kappa shape index (κ2) is 5.36. The third kappa shape index (κ3) is 2.63. The Bertz CT molecular complexity index is 664. The number of H-pyrrole nitrogens is 1. The molecule has 0 radical (unpaired) electrons. The number of aromatic amines is 1. The van der Waals surface area contributed by atoms with E-state index in [1.807, 2.05) is 17.6 Å². The van der Waals surface area contributed by atoms with Crippen LogP contribution in [-0.2, 0) is 0 Å². The van der Waals surface area contributed by atoms with Gasteiger partial charge in [0.15, 0.2) is 0 Å². The summed E-state index contributed by atoms with van der Waals surface area (Å²) in [7, 11) is 1.57. The molecular weight excluding hydrogens is 246 g/mol. The quantitative estimate of drug-likeness (QED) is 0.428. The van der Waals surface area contributed by atoms with Gasteiger partial charge in [0.2, 0.25) is 0 Å². The van der Waals surface area contributed by atoms with Crippen molar-refractivity contribution in [3.8, 4) is 17.0 Å². The van der Waals surface area contributed by atoms with Crippen LogP contribution in [0.4, 0.5) is 0 Å². The Hall–Kier alpha value is -2.60. The Morgan fingerprint density at radius 1 is 1.32 bits per heavy atom. The van der Waals surface area contributed by atoms with E-state index in [-0.39, 0.29) is 5.56 Å². The van der Waals surface area contributed by atoms with E-state index < -0.39 is 11.5 Å². The molecule has 1 aromatic heterocycles. The average Bonchev–Trinajstić information content (AvgIpc) is 2.46. The molecule has 1 aromatic carbocycles. The van der Waals surface area contributed by atoms with Gasteiger partial charge in [-0.05, 0) is 24.3 Å². The Morgan fingerprint density at radius 2 is 2.11 bits per heavy atom. The van der Waals surface area contributed by atoms with E-state index in [2.05, 4.69) is 4.98 Å². The molecule has 1 amide bonds. The molecule has 0 aliphatic heterocycles. The monoisotopic (exact) mass is 259 g/mol. The zero-order chi connectivity index (χ0) is 13.8. The number of rotatable bonds is 3. The molecule has 0 saturated carbocycles. The molecule has 6 nitrogen and oxygen atoms in total. The van der Waals surface area contributed by atoms with Gasteiger partial charge in [0, 0.05) is 11.3 Å². The fraction of sp³-hybridized carbons (Fsp3) is 0.0769. The summed E-state index contributed by atoms with van der Waals surface area (Å²) in [5, 5.41) is 0. The Labute approximate surface area is 109 Å². The number of aromatic nitrogens is 1. The van der Waals surface area contributed by atoms with E-state index in [1.54, 1.807) is 25.3 Å². The first-order valence-corrected chi connectivity index (χ1v) is 5.54. The van der Waals surface area contributed by atoms with Crippen LogP contribution in [-0.4, -0.2) is 18.0 Å². The highest BCUT2D eigenvalue weighted by Gasteiger charge is 2.10. The highest BCUT2D eigenvalue weighted by atomic mass is 16.5. The first-order valence-electron chi connectivity index (χ1n) is 5.54. The van der Waals surface area contributed by atoms with Crippen molar-refractivity contribution < 1.29 is 9.53 Å². The van der Waals surface area contributed by atoms with E-state index in [0.717, 1.165) is 5.56 Å². The van der Waals surface area contributed by atoms with E-state index in [4.69, 9.17) is 10.6 Å². The number of hydrogen-bond acceptors (Lipinski definition) is 4. The Morgan fingerprint density at radius 3 is 2.74 bits per heavy atom. The lowest BCUT2D eigenvalue weighted by Crippen LogP contribution is -2.34. The molecular formula is C13H13N3O3. The molecule has 1 heterocycles. The number of carbonyl (C=O) groups excluding carboxylic acids is 1. The van der Waals surface area contributed by atoms with Crippen LogP contribution in [0.3, 0.4) is 0 Å². The van der Waals surface area contributed by atoms with Crippen molar-refractivity contribution in [2.75, 3.05) is 7.11 Å². The Balaban J connectivity index is 2.44. The van der Waals surface area contributed by atoms with Gasteiger partial charge in [-0.15, -0.1) is 0 Å². The van der Waals surface area contributed by atoms with Crippen molar-refractivity contribution in [1.82, 2.24) is 10.4 Å². The van der Waals surface area contributed by atoms with Crippen LogP contribution in [0.2, 0.25) is 0 Å². The smallest absolute Gasteiger partial charge is 0.270 e. The van der Waals surface area contributed by atoms with Gasteiger partial charge < -0.3 is 9.72 Å². The van der Waals surface area contributed by atoms with Gasteiger partial charge in [0.25, 0.3) is 11.5 Å². The summed E-state index contributed by atoms with van der Waals surface area (Å²) in [4.78, 5) is 25.7. The lowest BCUT2D eigenvalue weighted by Gasteiger charge is -2.05. The summed E-state index contributed by atoms with van der Waals surface area (Å²) in [5.41, 5.74) is 2.77. The minimum absolute atomic E-state index is 0.0332. The fourth-order valence-corrected chi connectivity index (χ4v) is 1.69. The topological polar surface area (TPSA) is 97.2 Å². The summed E-state index contributed by atoms with van der Waals surface area (Å²) in [5.74, 6) is 5.05. The van der Waals surface area contributed by atoms with E-state index >= 15 is 0 Å². The molecule has 0 aliphatic rings. The second-order valence-corrected chi connectivity index (χ2v) is 3.82. The summed E-state index contributed by atoms with van der Waals surface area (Å²) >= 11 is 0. The van der Waals surface area contributed by atoms with Crippen molar-refractivity contribution in [3.05, 3.63) is 52.3 Å². The number of methoxy groups -OCH3 is 1. The van der Waals surface area contributed by atoms with Crippen molar-refractivity contribution in [3.63, 3.8) is 0 Å². The van der Waals surface area contributed by atoms with Crippen LogP contribution >= 0.6 is 0 Å². The second-order valence-electron chi connectivity index (χ2n) is 3.82. The van der Waals surface area contributed by atoms with E-state index in [1.165, 1.54) is 6.07 Å². The first-order chi connectivity index (χ1) is 9.15. The molecule has 0 spiro atoms. The fourth-order valence-electron chi connectivity index (χ4n) is 1.69. The summed E-state index contributed by atoms with van der Waals surface area (Å²) in [6, 6.07) is 10.3.